The van der Waals surface area contributed by atoms with Gasteiger partial charge in [0.25, 0.3) is 11.1 Å². The van der Waals surface area contributed by atoms with Crippen LogP contribution in [0.3, 0.4) is 0 Å². The van der Waals surface area contributed by atoms with Crippen LogP contribution in [0.15, 0.2) is 76.1 Å². The molecule has 0 aromatic heterocycles. The fourth-order valence-electron chi connectivity index (χ4n) is 3.40. The first-order valence-corrected chi connectivity index (χ1v) is 14.0. The quantitative estimate of drug-likeness (QED) is 0.198. The molecule has 0 unspecified atom stereocenters. The van der Waals surface area contributed by atoms with E-state index in [1.165, 1.54) is 0 Å². The van der Waals surface area contributed by atoms with Gasteiger partial charge in [-0.1, -0.05) is 18.2 Å². The van der Waals surface area contributed by atoms with E-state index in [0.29, 0.717) is 30.4 Å². The Kier molecular flexibility index (Phi) is 9.28. The van der Waals surface area contributed by atoms with Gasteiger partial charge in [0.05, 0.1) is 16.0 Å². The van der Waals surface area contributed by atoms with Crippen LogP contribution in [0.25, 0.3) is 6.08 Å². The highest BCUT2D eigenvalue weighted by Gasteiger charge is 2.36. The number of hydrogen-bond donors (Lipinski definition) is 1. The molecule has 3 amide bonds. The molecule has 1 aliphatic rings. The van der Waals surface area contributed by atoms with E-state index < -0.39 is 17.1 Å². The third kappa shape index (κ3) is 7.36. The average molecular weight is 693 g/mol. The van der Waals surface area contributed by atoms with Gasteiger partial charge >= 0.3 is 0 Å². The third-order valence-electron chi connectivity index (χ3n) is 5.19. The number of imide groups is 1. The van der Waals surface area contributed by atoms with E-state index in [1.807, 2.05) is 37.3 Å². The van der Waals surface area contributed by atoms with Crippen LogP contribution < -0.4 is 14.8 Å². The van der Waals surface area contributed by atoms with Gasteiger partial charge in [0, 0.05) is 9.26 Å². The van der Waals surface area contributed by atoms with Crippen LogP contribution in [0.1, 0.15) is 18.1 Å². The summed E-state index contributed by atoms with van der Waals surface area (Å²) in [5, 5.41) is 2.20. The highest BCUT2D eigenvalue weighted by Crippen LogP contribution is 2.34. The van der Waals surface area contributed by atoms with Gasteiger partial charge in [0.15, 0.2) is 0 Å². The molecule has 190 valence electrons. The number of thioether (sulfide) groups is 1. The minimum Gasteiger partial charge on any atom is -0.494 e. The van der Waals surface area contributed by atoms with Crippen LogP contribution in [0.2, 0.25) is 0 Å². The summed E-state index contributed by atoms with van der Waals surface area (Å²) >= 11 is 6.57. The summed E-state index contributed by atoms with van der Waals surface area (Å²) in [5.41, 5.74) is 2.32. The zero-order valence-corrected chi connectivity index (χ0v) is 24.3. The summed E-state index contributed by atoms with van der Waals surface area (Å²) < 4.78 is 13.2. The Bertz CT molecular complexity index is 1350. The molecule has 7 nitrogen and oxygen atoms in total. The van der Waals surface area contributed by atoms with Gasteiger partial charge in [0.2, 0.25) is 5.91 Å². The molecule has 1 fully saturated rings. The fraction of sp³-hybridized carbons (Fsp3) is 0.148. The van der Waals surface area contributed by atoms with E-state index in [2.05, 4.69) is 43.8 Å². The Hall–Kier alpha value is -2.83. The summed E-state index contributed by atoms with van der Waals surface area (Å²) in [7, 11) is 0. The summed E-state index contributed by atoms with van der Waals surface area (Å²) in [6.45, 7) is 2.48. The molecule has 1 heterocycles. The predicted molar refractivity (Wildman–Crippen MR) is 157 cm³/mol. The van der Waals surface area contributed by atoms with Crippen LogP contribution >= 0.6 is 50.3 Å². The van der Waals surface area contributed by atoms with Crippen molar-refractivity contribution in [2.45, 2.75) is 13.5 Å². The molecule has 0 radical (unpaired) electrons. The lowest BCUT2D eigenvalue weighted by Gasteiger charge is -2.13. The van der Waals surface area contributed by atoms with Crippen LogP contribution in [0.4, 0.5) is 10.5 Å². The maximum Gasteiger partial charge on any atom is 0.294 e. The topological polar surface area (TPSA) is 84.9 Å². The first-order chi connectivity index (χ1) is 17.8. The molecular formula is C27H22BrIN2O5S. The summed E-state index contributed by atoms with van der Waals surface area (Å²) in [5.74, 6) is 0.376. The average Bonchev–Trinajstić information content (AvgIpc) is 3.13. The Morgan fingerprint density at radius 1 is 1.05 bits per heavy atom. The standard InChI is InChI=1S/C27H22BrIN2O5S/c1-2-35-21-10-8-20(9-11-21)30-25(32)15-31-26(33)24(37-27(31)34)14-18-5-12-23(22(28)13-18)36-16-17-3-6-19(29)7-4-17/h3-14H,2,15-16H2,1H3,(H,30,32)/b24-14+. The molecule has 0 bridgehead atoms. The number of anilines is 1. The molecule has 3 aromatic rings. The third-order valence-corrected chi connectivity index (χ3v) is 7.43. The second-order valence-electron chi connectivity index (χ2n) is 7.88. The maximum atomic E-state index is 12.8. The molecule has 1 saturated heterocycles. The predicted octanol–water partition coefficient (Wildman–Crippen LogP) is 6.71. The minimum absolute atomic E-state index is 0.248. The van der Waals surface area contributed by atoms with Crippen LogP contribution in [-0.4, -0.2) is 35.1 Å². The van der Waals surface area contributed by atoms with Gasteiger partial charge < -0.3 is 14.8 Å². The van der Waals surface area contributed by atoms with Crippen molar-refractivity contribution in [2.24, 2.45) is 0 Å². The van der Waals surface area contributed by atoms with E-state index >= 15 is 0 Å². The molecule has 37 heavy (non-hydrogen) atoms. The van der Waals surface area contributed by atoms with Gasteiger partial charge in [-0.2, -0.15) is 0 Å². The van der Waals surface area contributed by atoms with E-state index in [-0.39, 0.29) is 11.4 Å². The van der Waals surface area contributed by atoms with Crippen molar-refractivity contribution in [2.75, 3.05) is 18.5 Å². The van der Waals surface area contributed by atoms with Crippen molar-refractivity contribution in [3.63, 3.8) is 0 Å². The van der Waals surface area contributed by atoms with E-state index in [4.69, 9.17) is 9.47 Å². The number of carbonyl (C=O) groups excluding carboxylic acids is 3. The lowest BCUT2D eigenvalue weighted by Crippen LogP contribution is -2.36. The number of rotatable bonds is 9. The second kappa shape index (κ2) is 12.6. The van der Waals surface area contributed by atoms with Crippen molar-refractivity contribution in [3.8, 4) is 11.5 Å². The van der Waals surface area contributed by atoms with Crippen molar-refractivity contribution in [3.05, 3.63) is 90.8 Å². The molecule has 1 aliphatic heterocycles. The first kappa shape index (κ1) is 27.2. The lowest BCUT2D eigenvalue weighted by molar-refractivity contribution is -0.127. The molecule has 3 aromatic carbocycles. The minimum atomic E-state index is -0.507. The Balaban J connectivity index is 1.36. The number of ether oxygens (including phenoxy) is 2. The zero-order chi connectivity index (χ0) is 26.4. The fourth-order valence-corrected chi connectivity index (χ4v) is 5.11. The number of amides is 3. The zero-order valence-electron chi connectivity index (χ0n) is 19.7. The Labute approximate surface area is 240 Å². The van der Waals surface area contributed by atoms with Gasteiger partial charge in [-0.15, -0.1) is 0 Å². The normalized spacial score (nSPS) is 14.2. The van der Waals surface area contributed by atoms with Crippen LogP contribution in [-0.2, 0) is 16.2 Å². The smallest absolute Gasteiger partial charge is 0.294 e. The van der Waals surface area contributed by atoms with Crippen molar-refractivity contribution < 1.29 is 23.9 Å². The van der Waals surface area contributed by atoms with Crippen LogP contribution in [0, 0.1) is 3.57 Å². The number of nitrogens with zero attached hydrogens (tertiary/aromatic N) is 1. The number of carbonyl (C=O) groups is 3. The SMILES string of the molecule is CCOc1ccc(NC(=O)CN2C(=O)S/C(=C/c3ccc(OCc4ccc(I)cc4)c(Br)c3)C2=O)cc1. The first-order valence-electron chi connectivity index (χ1n) is 11.3. The summed E-state index contributed by atoms with van der Waals surface area (Å²) in [6, 6.07) is 20.4. The lowest BCUT2D eigenvalue weighted by atomic mass is 10.2. The summed E-state index contributed by atoms with van der Waals surface area (Å²) in [6.07, 6.45) is 1.63. The second-order valence-corrected chi connectivity index (χ2v) is 11.0. The molecule has 0 aliphatic carbocycles. The molecular weight excluding hydrogens is 671 g/mol. The largest absolute Gasteiger partial charge is 0.494 e. The number of nitrogens with one attached hydrogen (secondary N) is 1. The number of hydrogen-bond acceptors (Lipinski definition) is 6. The highest BCUT2D eigenvalue weighted by atomic mass is 127. The number of halogens is 2. The molecule has 1 N–H and O–H groups in total. The van der Waals surface area contributed by atoms with Gasteiger partial charge in [-0.3, -0.25) is 19.3 Å². The van der Waals surface area contributed by atoms with E-state index in [1.54, 1.807) is 42.5 Å². The molecule has 0 spiro atoms. The van der Waals surface area contributed by atoms with Gasteiger partial charge in [-0.05, 0) is 123 Å². The maximum absolute atomic E-state index is 12.8. The van der Waals surface area contributed by atoms with Crippen molar-refractivity contribution >= 4 is 79.1 Å². The highest BCUT2D eigenvalue weighted by molar-refractivity contribution is 14.1. The van der Waals surface area contributed by atoms with Gasteiger partial charge in [0.1, 0.15) is 24.7 Å². The van der Waals surface area contributed by atoms with E-state index in [0.717, 1.165) is 35.8 Å². The monoisotopic (exact) mass is 692 g/mol. The van der Waals surface area contributed by atoms with Crippen LogP contribution in [0.5, 0.6) is 11.5 Å². The number of benzene rings is 3. The molecule has 10 heteroatoms. The Morgan fingerprint density at radius 3 is 2.46 bits per heavy atom. The van der Waals surface area contributed by atoms with Crippen molar-refractivity contribution in [1.82, 2.24) is 4.90 Å². The summed E-state index contributed by atoms with van der Waals surface area (Å²) in [4.78, 5) is 38.9. The molecule has 4 rings (SSSR count). The van der Waals surface area contributed by atoms with Gasteiger partial charge in [-0.25, -0.2) is 0 Å². The molecule has 0 saturated carbocycles. The molecule has 0 atom stereocenters. The van der Waals surface area contributed by atoms with Crippen molar-refractivity contribution in [1.29, 1.82) is 0 Å². The Morgan fingerprint density at radius 2 is 1.78 bits per heavy atom. The van der Waals surface area contributed by atoms with E-state index in [9.17, 15) is 14.4 Å².